The molecule has 0 bridgehead atoms. The number of aromatic nitrogens is 1. The number of carbonyl (C=O) groups excluding carboxylic acids is 3. The minimum absolute atomic E-state index is 0.0537. The normalized spacial score (nSPS) is 20.2. The molecule has 0 radical (unpaired) electrons. The highest BCUT2D eigenvalue weighted by atomic mass is 32.1. The minimum Gasteiger partial charge on any atom is -0.391 e. The number of fused-ring (bicyclic) bond motifs is 1. The van der Waals surface area contributed by atoms with Crippen molar-refractivity contribution in [2.24, 2.45) is 5.41 Å². The van der Waals surface area contributed by atoms with Gasteiger partial charge in [-0.2, -0.15) is 0 Å². The molecular formula is C32H38N4O4S. The zero-order valence-electron chi connectivity index (χ0n) is 24.3. The number of amides is 3. The molecule has 1 fully saturated rings. The van der Waals surface area contributed by atoms with E-state index in [1.165, 1.54) is 4.90 Å². The summed E-state index contributed by atoms with van der Waals surface area (Å²) in [5.41, 5.74) is 5.77. The Balaban J connectivity index is 1.35. The first kappa shape index (κ1) is 29.0. The van der Waals surface area contributed by atoms with Crippen LogP contribution in [0.25, 0.3) is 10.4 Å². The molecule has 1 unspecified atom stereocenters. The van der Waals surface area contributed by atoms with Gasteiger partial charge in [0.25, 0.3) is 5.91 Å². The van der Waals surface area contributed by atoms with Crippen LogP contribution in [0.3, 0.4) is 0 Å². The second kappa shape index (κ2) is 11.4. The average Bonchev–Trinajstić information content (AvgIpc) is 3.64. The highest BCUT2D eigenvalue weighted by Gasteiger charge is 2.48. The summed E-state index contributed by atoms with van der Waals surface area (Å²) in [6.45, 7) is 10.2. The van der Waals surface area contributed by atoms with Gasteiger partial charge in [0, 0.05) is 25.1 Å². The number of rotatable bonds is 7. The van der Waals surface area contributed by atoms with Gasteiger partial charge in [0.15, 0.2) is 0 Å². The van der Waals surface area contributed by atoms with E-state index in [4.69, 9.17) is 0 Å². The van der Waals surface area contributed by atoms with Crippen molar-refractivity contribution in [1.29, 1.82) is 0 Å². The van der Waals surface area contributed by atoms with E-state index in [0.717, 1.165) is 27.3 Å². The molecule has 41 heavy (non-hydrogen) atoms. The average molecular weight is 575 g/mol. The van der Waals surface area contributed by atoms with E-state index in [9.17, 15) is 19.5 Å². The van der Waals surface area contributed by atoms with Crippen molar-refractivity contribution in [1.82, 2.24) is 20.1 Å². The molecule has 5 rings (SSSR count). The zero-order valence-corrected chi connectivity index (χ0v) is 25.1. The van der Waals surface area contributed by atoms with Crippen LogP contribution in [0.4, 0.5) is 0 Å². The third-order valence-corrected chi connectivity index (χ3v) is 9.10. The number of nitrogens with one attached hydrogen (secondary N) is 1. The maximum absolute atomic E-state index is 14.2. The molecule has 2 N–H and O–H groups in total. The summed E-state index contributed by atoms with van der Waals surface area (Å²) >= 11 is 1.60. The number of likely N-dealkylation sites (tertiary alicyclic amines) is 1. The molecule has 3 heterocycles. The van der Waals surface area contributed by atoms with Crippen molar-refractivity contribution in [2.75, 3.05) is 6.54 Å². The number of thiazole rings is 1. The summed E-state index contributed by atoms with van der Waals surface area (Å²) < 4.78 is 0. The van der Waals surface area contributed by atoms with Crippen LogP contribution in [0.2, 0.25) is 0 Å². The molecule has 9 heteroatoms. The van der Waals surface area contributed by atoms with Crippen LogP contribution in [-0.2, 0) is 16.1 Å². The topological polar surface area (TPSA) is 103 Å². The predicted molar refractivity (Wildman–Crippen MR) is 159 cm³/mol. The smallest absolute Gasteiger partial charge is 0.255 e. The Morgan fingerprint density at radius 1 is 1.15 bits per heavy atom. The SMILES string of the molecule is CC[C@H](NC(=O)C1C[C@@H](O)CN1C(=O)[C@@H](N1Cc2ccccc2C1=O)C(C)(C)C)c1ccc(-c2scnc2C)cc1. The molecule has 3 amide bonds. The molecule has 2 aliphatic heterocycles. The fourth-order valence-electron chi connectivity index (χ4n) is 6.05. The Morgan fingerprint density at radius 2 is 1.85 bits per heavy atom. The Bertz CT molecular complexity index is 1440. The summed E-state index contributed by atoms with van der Waals surface area (Å²) in [7, 11) is 0. The maximum Gasteiger partial charge on any atom is 0.255 e. The van der Waals surface area contributed by atoms with Gasteiger partial charge in [-0.15, -0.1) is 11.3 Å². The molecule has 3 aromatic rings. The van der Waals surface area contributed by atoms with Gasteiger partial charge in [0.05, 0.1) is 28.2 Å². The molecule has 0 saturated carbocycles. The molecule has 1 aromatic heterocycles. The van der Waals surface area contributed by atoms with Crippen molar-refractivity contribution in [3.8, 4) is 10.4 Å². The maximum atomic E-state index is 14.2. The first-order valence-electron chi connectivity index (χ1n) is 14.2. The van der Waals surface area contributed by atoms with Gasteiger partial charge in [0.1, 0.15) is 12.1 Å². The van der Waals surface area contributed by atoms with E-state index < -0.39 is 23.6 Å². The van der Waals surface area contributed by atoms with Gasteiger partial charge in [-0.05, 0) is 41.5 Å². The van der Waals surface area contributed by atoms with Crippen molar-refractivity contribution >= 4 is 29.1 Å². The Hall–Kier alpha value is -3.56. The molecule has 8 nitrogen and oxygen atoms in total. The third-order valence-electron chi connectivity index (χ3n) is 8.13. The minimum atomic E-state index is -0.824. The number of β-amino-alcohol motifs (C(OH)–C–C–N with tert-alkyl or cyclic N) is 1. The standard InChI is InChI=1S/C32H38N4O4S/c1-6-25(20-11-13-21(14-12-20)27-19(2)33-18-41-27)34-29(38)26-15-23(37)17-35(26)31(40)28(32(3,4)5)36-16-22-9-7-8-10-24(22)30(36)39/h7-14,18,23,25-26,28,37H,6,15-17H2,1-5H3,(H,34,38)/t23-,25+,26?,28-/m1/s1. The second-order valence-electron chi connectivity index (χ2n) is 12.1. The van der Waals surface area contributed by atoms with Crippen molar-refractivity contribution in [3.63, 3.8) is 0 Å². The van der Waals surface area contributed by atoms with Crippen LogP contribution in [-0.4, -0.2) is 62.3 Å². The summed E-state index contributed by atoms with van der Waals surface area (Å²) in [6, 6.07) is 13.7. The number of nitrogens with zero attached hydrogens (tertiary/aromatic N) is 3. The summed E-state index contributed by atoms with van der Waals surface area (Å²) in [5, 5.41) is 13.7. The molecule has 0 aliphatic carbocycles. The number of aryl methyl sites for hydroxylation is 1. The Labute approximate surface area is 245 Å². The van der Waals surface area contributed by atoms with Crippen LogP contribution in [0.5, 0.6) is 0 Å². The molecule has 2 aromatic carbocycles. The van der Waals surface area contributed by atoms with E-state index in [0.29, 0.717) is 18.5 Å². The summed E-state index contributed by atoms with van der Waals surface area (Å²) in [6.07, 6.45) is 0.00519. The first-order chi connectivity index (χ1) is 19.5. The number of carbonyl (C=O) groups is 3. The fourth-order valence-corrected chi connectivity index (χ4v) is 6.87. The molecule has 2 aliphatic rings. The van der Waals surface area contributed by atoms with Crippen LogP contribution < -0.4 is 5.32 Å². The van der Waals surface area contributed by atoms with Gasteiger partial charge in [0.2, 0.25) is 11.8 Å². The number of aliphatic hydroxyl groups excluding tert-OH is 1. The number of hydrogen-bond acceptors (Lipinski definition) is 6. The second-order valence-corrected chi connectivity index (χ2v) is 13.0. The number of benzene rings is 2. The van der Waals surface area contributed by atoms with Crippen LogP contribution in [0, 0.1) is 12.3 Å². The molecule has 216 valence electrons. The molecule has 0 spiro atoms. The number of hydrogen-bond donors (Lipinski definition) is 2. The highest BCUT2D eigenvalue weighted by molar-refractivity contribution is 7.13. The zero-order chi connectivity index (χ0) is 29.5. The lowest BCUT2D eigenvalue weighted by Crippen LogP contribution is -2.58. The van der Waals surface area contributed by atoms with Crippen molar-refractivity contribution < 1.29 is 19.5 Å². The lowest BCUT2D eigenvalue weighted by Gasteiger charge is -2.40. The van der Waals surface area contributed by atoms with Gasteiger partial charge in [-0.3, -0.25) is 14.4 Å². The lowest BCUT2D eigenvalue weighted by molar-refractivity contribution is -0.145. The Kier molecular flexibility index (Phi) is 8.03. The Morgan fingerprint density at radius 3 is 2.46 bits per heavy atom. The van der Waals surface area contributed by atoms with Crippen LogP contribution in [0.1, 0.15) is 73.8 Å². The van der Waals surface area contributed by atoms with Gasteiger partial charge < -0.3 is 20.2 Å². The van der Waals surface area contributed by atoms with Crippen LogP contribution >= 0.6 is 11.3 Å². The number of aliphatic hydroxyl groups is 1. The van der Waals surface area contributed by atoms with Crippen LogP contribution in [0.15, 0.2) is 54.0 Å². The van der Waals surface area contributed by atoms with E-state index >= 15 is 0 Å². The first-order valence-corrected chi connectivity index (χ1v) is 15.1. The van der Waals surface area contributed by atoms with Gasteiger partial charge in [-0.1, -0.05) is 70.2 Å². The van der Waals surface area contributed by atoms with Gasteiger partial charge in [-0.25, -0.2) is 4.98 Å². The van der Waals surface area contributed by atoms with Crippen molar-refractivity contribution in [3.05, 3.63) is 76.4 Å². The lowest BCUT2D eigenvalue weighted by atomic mass is 9.84. The van der Waals surface area contributed by atoms with Crippen molar-refractivity contribution in [2.45, 2.75) is 78.2 Å². The molecule has 4 atom stereocenters. The summed E-state index contributed by atoms with van der Waals surface area (Å²) in [5.74, 6) is -0.793. The quantitative estimate of drug-likeness (QED) is 0.425. The predicted octanol–water partition coefficient (Wildman–Crippen LogP) is 4.72. The highest BCUT2D eigenvalue weighted by Crippen LogP contribution is 2.35. The van der Waals surface area contributed by atoms with E-state index in [-0.39, 0.29) is 36.7 Å². The summed E-state index contributed by atoms with van der Waals surface area (Å²) in [4.78, 5) is 49.8. The third kappa shape index (κ3) is 5.65. The fraction of sp³-hybridized carbons (Fsp3) is 0.438. The largest absolute Gasteiger partial charge is 0.391 e. The van der Waals surface area contributed by atoms with E-state index in [2.05, 4.69) is 10.3 Å². The van der Waals surface area contributed by atoms with Gasteiger partial charge >= 0.3 is 0 Å². The van der Waals surface area contributed by atoms with E-state index in [1.54, 1.807) is 22.3 Å². The monoisotopic (exact) mass is 574 g/mol. The molecular weight excluding hydrogens is 536 g/mol. The molecule has 1 saturated heterocycles. The van der Waals surface area contributed by atoms with E-state index in [1.807, 2.05) is 82.6 Å².